The van der Waals surface area contributed by atoms with Crippen molar-refractivity contribution >= 4 is 10.0 Å². The van der Waals surface area contributed by atoms with E-state index in [-0.39, 0.29) is 11.4 Å². The van der Waals surface area contributed by atoms with E-state index in [1.54, 1.807) is 19.1 Å². The highest BCUT2D eigenvalue weighted by atomic mass is 32.2. The standard InChI is InChI=1S/C15H20N4O3S/c1-11-4-5-13(12(2)8-11)23(21,22)19-7-3-6-15(20,10-19)14-9-16-18-17-14/h4-5,8-9,20H,3,6-7,10H2,1-2H3,(H,16,17,18). The number of hydrogen-bond acceptors (Lipinski definition) is 5. The summed E-state index contributed by atoms with van der Waals surface area (Å²) in [6.07, 6.45) is 2.46. The monoisotopic (exact) mass is 336 g/mol. The van der Waals surface area contributed by atoms with E-state index in [1.807, 2.05) is 13.0 Å². The third kappa shape index (κ3) is 2.89. The van der Waals surface area contributed by atoms with E-state index < -0.39 is 15.6 Å². The number of nitrogens with zero attached hydrogens (tertiary/aromatic N) is 3. The highest BCUT2D eigenvalue weighted by molar-refractivity contribution is 7.89. The van der Waals surface area contributed by atoms with Gasteiger partial charge in [-0.3, -0.25) is 0 Å². The Morgan fingerprint density at radius 3 is 2.78 bits per heavy atom. The molecule has 1 aromatic heterocycles. The number of aryl methyl sites for hydroxylation is 2. The molecule has 0 amide bonds. The molecular formula is C15H20N4O3S. The lowest BCUT2D eigenvalue weighted by molar-refractivity contribution is -0.0161. The SMILES string of the molecule is Cc1ccc(S(=O)(=O)N2CCCC(O)(c3cn[nH]n3)C2)c(C)c1. The van der Waals surface area contributed by atoms with E-state index in [0.717, 1.165) is 5.56 Å². The second-order valence-corrected chi connectivity index (χ2v) is 8.00. The minimum Gasteiger partial charge on any atom is -0.382 e. The number of H-pyrrole nitrogens is 1. The first-order chi connectivity index (χ1) is 10.8. The Morgan fingerprint density at radius 1 is 1.35 bits per heavy atom. The van der Waals surface area contributed by atoms with Crippen molar-refractivity contribution in [2.24, 2.45) is 0 Å². The first-order valence-corrected chi connectivity index (χ1v) is 8.93. The summed E-state index contributed by atoms with van der Waals surface area (Å²) in [5.41, 5.74) is 0.787. The number of aromatic amines is 1. The molecule has 1 fully saturated rings. The lowest BCUT2D eigenvalue weighted by atomic mass is 9.91. The van der Waals surface area contributed by atoms with Gasteiger partial charge in [-0.1, -0.05) is 17.7 Å². The van der Waals surface area contributed by atoms with E-state index >= 15 is 0 Å². The van der Waals surface area contributed by atoms with Crippen molar-refractivity contribution in [2.45, 2.75) is 37.2 Å². The average Bonchev–Trinajstić information content (AvgIpc) is 3.02. The topological polar surface area (TPSA) is 99.2 Å². The number of sulfonamides is 1. The molecule has 124 valence electrons. The first kappa shape index (κ1) is 16.1. The summed E-state index contributed by atoms with van der Waals surface area (Å²) in [6.45, 7) is 4.08. The molecule has 1 aromatic carbocycles. The number of aliphatic hydroxyl groups is 1. The van der Waals surface area contributed by atoms with Gasteiger partial charge in [0.1, 0.15) is 11.3 Å². The molecule has 0 bridgehead atoms. The Bertz CT molecular complexity index is 804. The van der Waals surface area contributed by atoms with Gasteiger partial charge < -0.3 is 5.11 Å². The second-order valence-electron chi connectivity index (χ2n) is 6.10. The molecule has 1 saturated heterocycles. The molecule has 8 heteroatoms. The molecule has 0 aliphatic carbocycles. The maximum atomic E-state index is 12.9. The van der Waals surface area contributed by atoms with E-state index in [1.165, 1.54) is 10.5 Å². The molecule has 0 radical (unpaired) electrons. The van der Waals surface area contributed by atoms with Crippen LogP contribution in [0.15, 0.2) is 29.3 Å². The normalized spacial score (nSPS) is 23.1. The summed E-state index contributed by atoms with van der Waals surface area (Å²) in [5.74, 6) is 0. The fourth-order valence-electron chi connectivity index (χ4n) is 3.07. The number of benzene rings is 1. The molecule has 7 nitrogen and oxygen atoms in total. The van der Waals surface area contributed by atoms with Crippen molar-refractivity contribution < 1.29 is 13.5 Å². The van der Waals surface area contributed by atoms with Gasteiger partial charge in [0.2, 0.25) is 10.0 Å². The van der Waals surface area contributed by atoms with Crippen molar-refractivity contribution in [1.82, 2.24) is 19.7 Å². The minimum absolute atomic E-state index is 0.0187. The van der Waals surface area contributed by atoms with E-state index in [0.29, 0.717) is 30.6 Å². The molecule has 2 N–H and O–H groups in total. The van der Waals surface area contributed by atoms with Crippen molar-refractivity contribution in [1.29, 1.82) is 0 Å². The van der Waals surface area contributed by atoms with Gasteiger partial charge in [0.15, 0.2) is 0 Å². The van der Waals surface area contributed by atoms with Crippen LogP contribution in [0.4, 0.5) is 0 Å². The fourth-order valence-corrected chi connectivity index (χ4v) is 4.80. The smallest absolute Gasteiger partial charge is 0.243 e. The zero-order valence-electron chi connectivity index (χ0n) is 13.2. The highest BCUT2D eigenvalue weighted by Crippen LogP contribution is 2.33. The van der Waals surface area contributed by atoms with Gasteiger partial charge in [-0.2, -0.15) is 19.7 Å². The summed E-state index contributed by atoms with van der Waals surface area (Å²) in [6, 6.07) is 5.26. The lowest BCUT2D eigenvalue weighted by Gasteiger charge is -2.37. The Balaban J connectivity index is 1.94. The molecular weight excluding hydrogens is 316 g/mol. The number of piperidine rings is 1. The van der Waals surface area contributed by atoms with Gasteiger partial charge in [0.25, 0.3) is 0 Å². The summed E-state index contributed by atoms with van der Waals surface area (Å²) >= 11 is 0. The van der Waals surface area contributed by atoms with Crippen LogP contribution in [0.5, 0.6) is 0 Å². The predicted molar refractivity (Wildman–Crippen MR) is 84.2 cm³/mol. The van der Waals surface area contributed by atoms with Crippen molar-refractivity contribution in [3.05, 3.63) is 41.2 Å². The van der Waals surface area contributed by atoms with Crippen LogP contribution in [0.2, 0.25) is 0 Å². The van der Waals surface area contributed by atoms with Crippen LogP contribution in [-0.2, 0) is 15.6 Å². The van der Waals surface area contributed by atoms with Gasteiger partial charge in [0.05, 0.1) is 11.1 Å². The summed E-state index contributed by atoms with van der Waals surface area (Å²) < 4.78 is 27.2. The molecule has 1 aliphatic rings. The second kappa shape index (κ2) is 5.70. The molecule has 0 saturated carbocycles. The lowest BCUT2D eigenvalue weighted by Crippen LogP contribution is -2.48. The molecule has 2 heterocycles. The van der Waals surface area contributed by atoms with Gasteiger partial charge in [-0.25, -0.2) is 8.42 Å². The largest absolute Gasteiger partial charge is 0.382 e. The summed E-state index contributed by atoms with van der Waals surface area (Å²) in [4.78, 5) is 0.285. The minimum atomic E-state index is -3.66. The number of aromatic nitrogens is 3. The van der Waals surface area contributed by atoms with Gasteiger partial charge in [0, 0.05) is 13.1 Å². The van der Waals surface area contributed by atoms with Crippen LogP contribution < -0.4 is 0 Å². The summed E-state index contributed by atoms with van der Waals surface area (Å²) in [7, 11) is -3.66. The number of nitrogens with one attached hydrogen (secondary N) is 1. The fraction of sp³-hybridized carbons (Fsp3) is 0.467. The Hall–Kier alpha value is -1.77. The molecule has 1 aliphatic heterocycles. The predicted octanol–water partition coefficient (Wildman–Crippen LogP) is 1.09. The summed E-state index contributed by atoms with van der Waals surface area (Å²) in [5, 5.41) is 20.9. The third-order valence-electron chi connectivity index (χ3n) is 4.28. The zero-order chi connectivity index (χ0) is 16.7. The average molecular weight is 336 g/mol. The maximum absolute atomic E-state index is 12.9. The Kier molecular flexibility index (Phi) is 3.99. The molecule has 1 unspecified atom stereocenters. The quantitative estimate of drug-likeness (QED) is 0.874. The van der Waals surface area contributed by atoms with E-state index in [4.69, 9.17) is 0 Å². The van der Waals surface area contributed by atoms with Crippen LogP contribution in [0.3, 0.4) is 0 Å². The van der Waals surface area contributed by atoms with E-state index in [2.05, 4.69) is 15.4 Å². The number of β-amino-alcohol motifs (C(OH)–C–C–N with tert-alkyl or cyclic N) is 1. The van der Waals surface area contributed by atoms with Crippen LogP contribution in [0.25, 0.3) is 0 Å². The Labute approximate surface area is 135 Å². The van der Waals surface area contributed by atoms with Crippen molar-refractivity contribution in [3.8, 4) is 0 Å². The molecule has 3 rings (SSSR count). The number of hydrogen-bond donors (Lipinski definition) is 2. The van der Waals surface area contributed by atoms with Crippen LogP contribution in [-0.4, -0.2) is 46.3 Å². The van der Waals surface area contributed by atoms with Crippen LogP contribution in [0.1, 0.15) is 29.7 Å². The number of rotatable bonds is 3. The van der Waals surface area contributed by atoms with Crippen LogP contribution >= 0.6 is 0 Å². The van der Waals surface area contributed by atoms with Gasteiger partial charge in [-0.05, 0) is 38.3 Å². The third-order valence-corrected chi connectivity index (χ3v) is 6.28. The van der Waals surface area contributed by atoms with E-state index in [9.17, 15) is 13.5 Å². The molecule has 0 spiro atoms. The van der Waals surface area contributed by atoms with Gasteiger partial charge in [-0.15, -0.1) is 0 Å². The van der Waals surface area contributed by atoms with Gasteiger partial charge >= 0.3 is 0 Å². The van der Waals surface area contributed by atoms with Crippen LogP contribution in [0, 0.1) is 13.8 Å². The maximum Gasteiger partial charge on any atom is 0.243 e. The molecule has 1 atom stereocenters. The Morgan fingerprint density at radius 2 is 2.13 bits per heavy atom. The van der Waals surface area contributed by atoms with Crippen molar-refractivity contribution in [2.75, 3.05) is 13.1 Å². The molecule has 23 heavy (non-hydrogen) atoms. The first-order valence-electron chi connectivity index (χ1n) is 7.49. The highest BCUT2D eigenvalue weighted by Gasteiger charge is 2.41. The zero-order valence-corrected chi connectivity index (χ0v) is 14.0. The molecule has 2 aromatic rings. The van der Waals surface area contributed by atoms with Crippen molar-refractivity contribution in [3.63, 3.8) is 0 Å².